The second kappa shape index (κ2) is 5.38. The van der Waals surface area contributed by atoms with Crippen molar-refractivity contribution < 1.29 is 9.47 Å². The molecule has 0 spiro atoms. The van der Waals surface area contributed by atoms with Crippen LogP contribution in [0.1, 0.15) is 0 Å². The van der Waals surface area contributed by atoms with Gasteiger partial charge in [0.25, 0.3) is 0 Å². The molecule has 2 aromatic rings. The van der Waals surface area contributed by atoms with Gasteiger partial charge in [-0.3, -0.25) is 5.10 Å². The van der Waals surface area contributed by atoms with E-state index < -0.39 is 0 Å². The summed E-state index contributed by atoms with van der Waals surface area (Å²) >= 11 is 0. The number of rotatable bonds is 3. The summed E-state index contributed by atoms with van der Waals surface area (Å²) in [5.41, 5.74) is 8.26. The number of aromatic amines is 1. The zero-order valence-corrected chi connectivity index (χ0v) is 11.3. The lowest BCUT2D eigenvalue weighted by Gasteiger charge is -2.28. The van der Waals surface area contributed by atoms with Gasteiger partial charge in [-0.25, -0.2) is 4.98 Å². The van der Waals surface area contributed by atoms with Crippen LogP contribution in [0.3, 0.4) is 0 Å². The molecule has 0 unspecified atom stereocenters. The summed E-state index contributed by atoms with van der Waals surface area (Å²) in [5, 5.41) is 6.90. The number of aromatic nitrogens is 3. The topological polar surface area (TPSA) is 89.3 Å². The van der Waals surface area contributed by atoms with Crippen LogP contribution in [0.25, 0.3) is 11.3 Å². The number of nitrogens with one attached hydrogen (secondary N) is 1. The molecule has 3 heterocycles. The monoisotopic (exact) mass is 275 g/mol. The number of nitrogen functional groups attached to an aromatic ring is 1. The van der Waals surface area contributed by atoms with Crippen LogP contribution < -0.4 is 15.4 Å². The van der Waals surface area contributed by atoms with E-state index in [1.54, 1.807) is 13.2 Å². The van der Waals surface area contributed by atoms with Crippen LogP contribution in [0.2, 0.25) is 0 Å². The number of pyridine rings is 1. The van der Waals surface area contributed by atoms with Gasteiger partial charge in [-0.05, 0) is 6.07 Å². The second-order valence-corrected chi connectivity index (χ2v) is 4.56. The Morgan fingerprint density at radius 2 is 2.15 bits per heavy atom. The molecule has 0 aliphatic carbocycles. The molecule has 1 fully saturated rings. The van der Waals surface area contributed by atoms with Crippen LogP contribution >= 0.6 is 0 Å². The first-order valence-corrected chi connectivity index (χ1v) is 6.46. The highest BCUT2D eigenvalue weighted by molar-refractivity contribution is 5.71. The predicted molar refractivity (Wildman–Crippen MR) is 75.8 cm³/mol. The molecule has 7 nitrogen and oxygen atoms in total. The average Bonchev–Trinajstić information content (AvgIpc) is 2.94. The van der Waals surface area contributed by atoms with Gasteiger partial charge in [0, 0.05) is 19.2 Å². The molecule has 0 saturated carbocycles. The quantitative estimate of drug-likeness (QED) is 0.865. The summed E-state index contributed by atoms with van der Waals surface area (Å²) in [6, 6.07) is 3.79. The molecule has 1 aliphatic heterocycles. The summed E-state index contributed by atoms with van der Waals surface area (Å²) in [5.74, 6) is 1.05. The van der Waals surface area contributed by atoms with E-state index in [1.165, 1.54) is 0 Å². The van der Waals surface area contributed by atoms with E-state index >= 15 is 0 Å². The number of morpholine rings is 1. The smallest absolute Gasteiger partial charge is 0.222 e. The van der Waals surface area contributed by atoms with E-state index in [0.29, 0.717) is 11.7 Å². The zero-order valence-electron chi connectivity index (χ0n) is 11.3. The second-order valence-electron chi connectivity index (χ2n) is 4.56. The van der Waals surface area contributed by atoms with Crippen LogP contribution in [-0.2, 0) is 4.74 Å². The molecule has 0 amide bonds. The third kappa shape index (κ3) is 2.39. The SMILES string of the molecule is COc1ncc(N2CCOCC2)cc1-c1cc(N)[nH]n1. The molecule has 0 aromatic carbocycles. The normalized spacial score (nSPS) is 15.3. The minimum atomic E-state index is 0.513. The van der Waals surface area contributed by atoms with Gasteiger partial charge in [0.2, 0.25) is 5.88 Å². The Labute approximate surface area is 116 Å². The first-order chi connectivity index (χ1) is 9.78. The molecule has 0 bridgehead atoms. The maximum atomic E-state index is 5.68. The van der Waals surface area contributed by atoms with Crippen molar-refractivity contribution in [3.8, 4) is 17.1 Å². The van der Waals surface area contributed by atoms with E-state index in [4.69, 9.17) is 15.2 Å². The van der Waals surface area contributed by atoms with E-state index in [1.807, 2.05) is 12.3 Å². The highest BCUT2D eigenvalue weighted by Crippen LogP contribution is 2.31. The fourth-order valence-corrected chi connectivity index (χ4v) is 2.26. The Balaban J connectivity index is 1.98. The maximum absolute atomic E-state index is 5.68. The molecule has 20 heavy (non-hydrogen) atoms. The predicted octanol–water partition coefficient (Wildman–Crippen LogP) is 0.899. The van der Waals surface area contributed by atoms with Gasteiger partial charge in [0.15, 0.2) is 0 Å². The van der Waals surface area contributed by atoms with Crippen molar-refractivity contribution in [1.29, 1.82) is 0 Å². The van der Waals surface area contributed by atoms with Crippen LogP contribution in [0.4, 0.5) is 11.5 Å². The summed E-state index contributed by atoms with van der Waals surface area (Å²) in [6.45, 7) is 3.18. The molecule has 106 valence electrons. The van der Waals surface area contributed by atoms with Gasteiger partial charge in [-0.2, -0.15) is 5.10 Å². The van der Waals surface area contributed by atoms with Gasteiger partial charge >= 0.3 is 0 Å². The molecule has 2 aromatic heterocycles. The fraction of sp³-hybridized carbons (Fsp3) is 0.385. The van der Waals surface area contributed by atoms with E-state index in [0.717, 1.165) is 43.2 Å². The highest BCUT2D eigenvalue weighted by Gasteiger charge is 2.16. The van der Waals surface area contributed by atoms with Gasteiger partial charge in [-0.1, -0.05) is 0 Å². The van der Waals surface area contributed by atoms with Gasteiger partial charge in [0.1, 0.15) is 5.82 Å². The number of nitrogens with zero attached hydrogens (tertiary/aromatic N) is 3. The largest absolute Gasteiger partial charge is 0.481 e. The van der Waals surface area contributed by atoms with E-state index in [9.17, 15) is 0 Å². The van der Waals surface area contributed by atoms with Crippen LogP contribution in [0.15, 0.2) is 18.3 Å². The lowest BCUT2D eigenvalue weighted by molar-refractivity contribution is 0.122. The highest BCUT2D eigenvalue weighted by atomic mass is 16.5. The molecule has 1 saturated heterocycles. The summed E-state index contributed by atoms with van der Waals surface area (Å²) < 4.78 is 10.7. The fourth-order valence-electron chi connectivity index (χ4n) is 2.26. The third-order valence-electron chi connectivity index (χ3n) is 3.28. The van der Waals surface area contributed by atoms with E-state index in [2.05, 4.69) is 20.1 Å². The number of nitrogens with two attached hydrogens (primary N) is 1. The van der Waals surface area contributed by atoms with Gasteiger partial charge in [-0.15, -0.1) is 0 Å². The summed E-state index contributed by atoms with van der Waals surface area (Å²) in [6.07, 6.45) is 1.81. The number of anilines is 2. The third-order valence-corrected chi connectivity index (χ3v) is 3.28. The van der Waals surface area contributed by atoms with E-state index in [-0.39, 0.29) is 0 Å². The Morgan fingerprint density at radius 3 is 2.80 bits per heavy atom. The standard InChI is InChI=1S/C13H17N5O2/c1-19-13-10(11-7-12(14)17-16-11)6-9(8-15-13)18-2-4-20-5-3-18/h6-8H,2-5H2,1H3,(H3,14,16,17). The number of methoxy groups -OCH3 is 1. The lowest BCUT2D eigenvalue weighted by atomic mass is 10.1. The minimum Gasteiger partial charge on any atom is -0.481 e. The van der Waals surface area contributed by atoms with Gasteiger partial charge < -0.3 is 20.1 Å². The minimum absolute atomic E-state index is 0.513. The first-order valence-electron chi connectivity index (χ1n) is 6.46. The Bertz CT molecular complexity index is 592. The molecular formula is C13H17N5O2. The molecule has 1 aliphatic rings. The molecule has 0 atom stereocenters. The zero-order chi connectivity index (χ0) is 13.9. The maximum Gasteiger partial charge on any atom is 0.222 e. The molecular weight excluding hydrogens is 258 g/mol. The summed E-state index contributed by atoms with van der Waals surface area (Å²) in [7, 11) is 1.59. The van der Waals surface area contributed by atoms with Crippen molar-refractivity contribution in [1.82, 2.24) is 15.2 Å². The molecule has 7 heteroatoms. The first kappa shape index (κ1) is 12.7. The number of hydrogen-bond donors (Lipinski definition) is 2. The molecule has 3 N–H and O–H groups in total. The molecule has 0 radical (unpaired) electrons. The van der Waals surface area contributed by atoms with Crippen molar-refractivity contribution in [3.63, 3.8) is 0 Å². The number of H-pyrrole nitrogens is 1. The van der Waals surface area contributed by atoms with Crippen molar-refractivity contribution in [3.05, 3.63) is 18.3 Å². The van der Waals surface area contributed by atoms with Crippen molar-refractivity contribution in [2.75, 3.05) is 44.0 Å². The Morgan fingerprint density at radius 1 is 1.35 bits per heavy atom. The Hall–Kier alpha value is -2.28. The number of hydrogen-bond acceptors (Lipinski definition) is 6. The Kier molecular flexibility index (Phi) is 3.42. The van der Waals surface area contributed by atoms with Crippen molar-refractivity contribution in [2.45, 2.75) is 0 Å². The van der Waals surface area contributed by atoms with Crippen LogP contribution in [0, 0.1) is 0 Å². The van der Waals surface area contributed by atoms with Crippen molar-refractivity contribution in [2.24, 2.45) is 0 Å². The van der Waals surface area contributed by atoms with Crippen molar-refractivity contribution >= 4 is 11.5 Å². The summed E-state index contributed by atoms with van der Waals surface area (Å²) in [4.78, 5) is 6.59. The van der Waals surface area contributed by atoms with Crippen LogP contribution in [-0.4, -0.2) is 48.6 Å². The van der Waals surface area contributed by atoms with Crippen LogP contribution in [0.5, 0.6) is 5.88 Å². The van der Waals surface area contributed by atoms with Gasteiger partial charge in [0.05, 0.1) is 43.5 Å². The molecule has 3 rings (SSSR count). The average molecular weight is 275 g/mol. The number of ether oxygens (including phenoxy) is 2. The lowest BCUT2D eigenvalue weighted by Crippen LogP contribution is -2.36.